The van der Waals surface area contributed by atoms with Gasteiger partial charge in [0, 0.05) is 12.1 Å². The van der Waals surface area contributed by atoms with E-state index in [0.717, 1.165) is 11.1 Å². The Bertz CT molecular complexity index is 674. The second-order valence-electron chi connectivity index (χ2n) is 4.73. The maximum Gasteiger partial charge on any atom is 0.349 e. The van der Waals surface area contributed by atoms with Gasteiger partial charge < -0.3 is 9.47 Å². The molecule has 0 aliphatic carbocycles. The monoisotopic (exact) mass is 301 g/mol. The normalized spacial score (nSPS) is 10.1. The molecular weight excluding hydrogens is 286 g/mol. The summed E-state index contributed by atoms with van der Waals surface area (Å²) in [5.74, 6) is 0.320. The van der Waals surface area contributed by atoms with Crippen LogP contribution >= 0.6 is 0 Å². The molecule has 0 aliphatic heterocycles. The van der Waals surface area contributed by atoms with E-state index in [1.54, 1.807) is 0 Å². The molecular formula is C16H15NO5. The first-order valence-corrected chi connectivity index (χ1v) is 6.61. The number of carbonyl (C=O) groups excluding carboxylic acids is 1. The predicted molar refractivity (Wildman–Crippen MR) is 80.1 cm³/mol. The van der Waals surface area contributed by atoms with Crippen molar-refractivity contribution in [3.05, 3.63) is 63.7 Å². The molecule has 22 heavy (non-hydrogen) atoms. The Morgan fingerprint density at radius 1 is 1.09 bits per heavy atom. The number of nitro groups is 1. The minimum Gasteiger partial charge on any atom is -0.481 e. The zero-order chi connectivity index (χ0) is 16.1. The molecule has 0 bridgehead atoms. The molecule has 0 amide bonds. The van der Waals surface area contributed by atoms with Crippen molar-refractivity contribution in [2.45, 2.75) is 13.8 Å². The zero-order valence-corrected chi connectivity index (χ0v) is 12.2. The maximum atomic E-state index is 11.7. The van der Waals surface area contributed by atoms with Gasteiger partial charge in [0.1, 0.15) is 11.5 Å². The zero-order valence-electron chi connectivity index (χ0n) is 12.2. The van der Waals surface area contributed by atoms with Gasteiger partial charge in [-0.25, -0.2) is 4.79 Å². The molecule has 0 unspecified atom stereocenters. The number of hydrogen-bond donors (Lipinski definition) is 0. The quantitative estimate of drug-likeness (QED) is 0.367. The number of esters is 1. The molecule has 0 heterocycles. The summed E-state index contributed by atoms with van der Waals surface area (Å²) in [5.41, 5.74) is 1.80. The van der Waals surface area contributed by atoms with Crippen molar-refractivity contribution in [3.63, 3.8) is 0 Å². The molecule has 2 aromatic carbocycles. The molecule has 0 aromatic heterocycles. The molecule has 0 saturated heterocycles. The van der Waals surface area contributed by atoms with Crippen molar-refractivity contribution in [3.8, 4) is 11.5 Å². The fraction of sp³-hybridized carbons (Fsp3) is 0.188. The summed E-state index contributed by atoms with van der Waals surface area (Å²) < 4.78 is 10.5. The van der Waals surface area contributed by atoms with E-state index in [-0.39, 0.29) is 18.0 Å². The number of nitro benzene ring substituents is 1. The fourth-order valence-electron chi connectivity index (χ4n) is 1.95. The van der Waals surface area contributed by atoms with Gasteiger partial charge in [-0.05, 0) is 37.1 Å². The van der Waals surface area contributed by atoms with Crippen LogP contribution in [0.1, 0.15) is 11.1 Å². The van der Waals surface area contributed by atoms with Crippen LogP contribution in [-0.4, -0.2) is 17.5 Å². The molecule has 6 heteroatoms. The second kappa shape index (κ2) is 6.71. The van der Waals surface area contributed by atoms with E-state index < -0.39 is 10.9 Å². The summed E-state index contributed by atoms with van der Waals surface area (Å²) in [4.78, 5) is 21.8. The Hall–Kier alpha value is -2.89. The van der Waals surface area contributed by atoms with E-state index in [4.69, 9.17) is 9.47 Å². The lowest BCUT2D eigenvalue weighted by Gasteiger charge is -2.11. The topological polar surface area (TPSA) is 78.7 Å². The number of para-hydroxylation sites is 1. The minimum absolute atomic E-state index is 0.0633. The number of non-ortho nitro benzene ring substituents is 1. The van der Waals surface area contributed by atoms with Crippen molar-refractivity contribution in [2.24, 2.45) is 0 Å². The van der Waals surface area contributed by atoms with Gasteiger partial charge in [0.25, 0.3) is 5.69 Å². The third-order valence-electron chi connectivity index (χ3n) is 3.02. The Morgan fingerprint density at radius 2 is 1.68 bits per heavy atom. The summed E-state index contributed by atoms with van der Waals surface area (Å²) in [6.45, 7) is 3.55. The first-order valence-electron chi connectivity index (χ1n) is 6.61. The van der Waals surface area contributed by atoms with Gasteiger partial charge in [-0.3, -0.25) is 10.1 Å². The van der Waals surface area contributed by atoms with Crippen LogP contribution in [0.4, 0.5) is 5.69 Å². The smallest absolute Gasteiger partial charge is 0.349 e. The molecule has 0 radical (unpaired) electrons. The van der Waals surface area contributed by atoms with Crippen LogP contribution in [-0.2, 0) is 4.79 Å². The molecule has 2 aromatic rings. The van der Waals surface area contributed by atoms with Gasteiger partial charge in [-0.1, -0.05) is 18.2 Å². The van der Waals surface area contributed by atoms with E-state index in [1.165, 1.54) is 24.3 Å². The molecule has 114 valence electrons. The van der Waals surface area contributed by atoms with Crippen LogP contribution in [0, 0.1) is 24.0 Å². The van der Waals surface area contributed by atoms with Crippen molar-refractivity contribution in [1.82, 2.24) is 0 Å². The number of carbonyl (C=O) groups is 1. The highest BCUT2D eigenvalue weighted by Crippen LogP contribution is 2.22. The summed E-state index contributed by atoms with van der Waals surface area (Å²) in [6.07, 6.45) is 0. The highest BCUT2D eigenvalue weighted by atomic mass is 16.6. The molecule has 2 rings (SSSR count). The first-order chi connectivity index (χ1) is 10.5. The van der Waals surface area contributed by atoms with Crippen LogP contribution in [0.3, 0.4) is 0 Å². The van der Waals surface area contributed by atoms with Crippen molar-refractivity contribution < 1.29 is 19.2 Å². The minimum atomic E-state index is -0.573. The Kier molecular flexibility index (Phi) is 4.73. The standard InChI is InChI=1S/C16H15NO5/c1-11-4-3-5-12(2)16(11)21-10-15(18)22-14-8-6-13(7-9-14)17(19)20/h3-9H,10H2,1-2H3. The van der Waals surface area contributed by atoms with Crippen LogP contribution < -0.4 is 9.47 Å². The molecule has 6 nitrogen and oxygen atoms in total. The van der Waals surface area contributed by atoms with Crippen LogP contribution in [0.2, 0.25) is 0 Å². The summed E-state index contributed by atoms with van der Waals surface area (Å²) in [5, 5.41) is 10.5. The number of hydrogen-bond acceptors (Lipinski definition) is 5. The largest absolute Gasteiger partial charge is 0.481 e. The summed E-state index contributed by atoms with van der Waals surface area (Å²) >= 11 is 0. The van der Waals surface area contributed by atoms with Gasteiger partial charge in [0.2, 0.25) is 0 Å². The average Bonchev–Trinajstić information content (AvgIpc) is 2.47. The number of nitrogens with zero attached hydrogens (tertiary/aromatic N) is 1. The van der Waals surface area contributed by atoms with Gasteiger partial charge in [0.05, 0.1) is 4.92 Å². The second-order valence-corrected chi connectivity index (χ2v) is 4.73. The van der Waals surface area contributed by atoms with Crippen molar-refractivity contribution in [2.75, 3.05) is 6.61 Å². The third kappa shape index (κ3) is 3.82. The SMILES string of the molecule is Cc1cccc(C)c1OCC(=O)Oc1ccc([N+](=O)[O-])cc1. The van der Waals surface area contributed by atoms with Crippen molar-refractivity contribution >= 4 is 11.7 Å². The maximum absolute atomic E-state index is 11.7. The highest BCUT2D eigenvalue weighted by molar-refractivity contribution is 5.74. The van der Waals surface area contributed by atoms with E-state index in [0.29, 0.717) is 5.75 Å². The summed E-state index contributed by atoms with van der Waals surface area (Å²) in [6, 6.07) is 11.0. The molecule has 0 atom stereocenters. The van der Waals surface area contributed by atoms with E-state index in [2.05, 4.69) is 0 Å². The lowest BCUT2D eigenvalue weighted by molar-refractivity contribution is -0.384. The molecule has 0 spiro atoms. The van der Waals surface area contributed by atoms with E-state index >= 15 is 0 Å². The van der Waals surface area contributed by atoms with E-state index in [1.807, 2.05) is 32.0 Å². The third-order valence-corrected chi connectivity index (χ3v) is 3.02. The Balaban J connectivity index is 1.94. The van der Waals surface area contributed by atoms with Crippen LogP contribution in [0.15, 0.2) is 42.5 Å². The Morgan fingerprint density at radius 3 is 2.23 bits per heavy atom. The number of benzene rings is 2. The highest BCUT2D eigenvalue weighted by Gasteiger charge is 2.10. The number of rotatable bonds is 5. The molecule has 0 N–H and O–H groups in total. The molecule has 0 fully saturated rings. The van der Waals surface area contributed by atoms with Crippen LogP contribution in [0.5, 0.6) is 11.5 Å². The van der Waals surface area contributed by atoms with Gasteiger partial charge >= 0.3 is 5.97 Å². The van der Waals surface area contributed by atoms with E-state index in [9.17, 15) is 14.9 Å². The number of ether oxygens (including phenoxy) is 2. The van der Waals surface area contributed by atoms with Crippen LogP contribution in [0.25, 0.3) is 0 Å². The number of aryl methyl sites for hydroxylation is 2. The Labute approximate surface area is 127 Å². The first kappa shape index (κ1) is 15.5. The van der Waals surface area contributed by atoms with Gasteiger partial charge in [0.15, 0.2) is 6.61 Å². The van der Waals surface area contributed by atoms with Crippen molar-refractivity contribution in [1.29, 1.82) is 0 Å². The van der Waals surface area contributed by atoms with Gasteiger partial charge in [-0.15, -0.1) is 0 Å². The molecule has 0 saturated carbocycles. The predicted octanol–water partition coefficient (Wildman–Crippen LogP) is 3.20. The lowest BCUT2D eigenvalue weighted by atomic mass is 10.1. The average molecular weight is 301 g/mol. The fourth-order valence-corrected chi connectivity index (χ4v) is 1.95. The summed E-state index contributed by atoms with van der Waals surface area (Å²) in [7, 11) is 0. The van der Waals surface area contributed by atoms with Gasteiger partial charge in [-0.2, -0.15) is 0 Å². The molecule has 0 aliphatic rings. The lowest BCUT2D eigenvalue weighted by Crippen LogP contribution is -2.18.